The Morgan fingerprint density at radius 3 is 2.38 bits per heavy atom. The van der Waals surface area contributed by atoms with Crippen LogP contribution < -0.4 is 10.5 Å². The number of sulfonamides is 1. The molecule has 0 aliphatic carbocycles. The fourth-order valence-electron chi connectivity index (χ4n) is 2.23. The molecule has 0 spiro atoms. The molecular formula is C16H20N2O2S. The number of benzene rings is 2. The van der Waals surface area contributed by atoms with E-state index in [1.54, 1.807) is 18.2 Å². The molecule has 0 heterocycles. The van der Waals surface area contributed by atoms with Gasteiger partial charge in [0.1, 0.15) is 0 Å². The van der Waals surface area contributed by atoms with E-state index < -0.39 is 10.0 Å². The third kappa shape index (κ3) is 3.55. The van der Waals surface area contributed by atoms with Crippen LogP contribution in [0.4, 0.5) is 11.4 Å². The summed E-state index contributed by atoms with van der Waals surface area (Å²) in [5.41, 5.74) is 8.55. The molecule has 21 heavy (non-hydrogen) atoms. The second kappa shape index (κ2) is 5.77. The average molecular weight is 304 g/mol. The number of aryl methyl sites for hydroxylation is 1. The molecule has 5 heteroatoms. The van der Waals surface area contributed by atoms with Crippen LogP contribution in [0.5, 0.6) is 0 Å². The minimum absolute atomic E-state index is 0.179. The van der Waals surface area contributed by atoms with Crippen LogP contribution in [0.1, 0.15) is 30.9 Å². The number of hydrogen-bond donors (Lipinski definition) is 2. The molecule has 0 bridgehead atoms. The molecule has 0 aliphatic heterocycles. The van der Waals surface area contributed by atoms with Gasteiger partial charge in [0.25, 0.3) is 10.0 Å². The molecule has 0 saturated heterocycles. The summed E-state index contributed by atoms with van der Waals surface area (Å²) in [7, 11) is -3.64. The number of hydrogen-bond acceptors (Lipinski definition) is 3. The smallest absolute Gasteiger partial charge is 0.261 e. The number of nitrogen functional groups attached to an aromatic ring is 1. The van der Waals surface area contributed by atoms with Gasteiger partial charge in [0.2, 0.25) is 0 Å². The quantitative estimate of drug-likeness (QED) is 0.849. The Morgan fingerprint density at radius 2 is 1.76 bits per heavy atom. The van der Waals surface area contributed by atoms with E-state index in [0.29, 0.717) is 11.4 Å². The number of nitrogens with one attached hydrogen (secondary N) is 1. The lowest BCUT2D eigenvalue weighted by atomic mass is 10.0. The summed E-state index contributed by atoms with van der Waals surface area (Å²) < 4.78 is 27.7. The van der Waals surface area contributed by atoms with E-state index >= 15 is 0 Å². The SMILES string of the molecule is Cc1cc(N)cc(S(=O)(=O)Nc2ccccc2C(C)C)c1. The Balaban J connectivity index is 2.42. The number of para-hydroxylation sites is 1. The summed E-state index contributed by atoms with van der Waals surface area (Å²) in [5.74, 6) is 0.228. The summed E-state index contributed by atoms with van der Waals surface area (Å²) in [6, 6.07) is 12.2. The number of anilines is 2. The van der Waals surface area contributed by atoms with Crippen molar-refractivity contribution in [3.8, 4) is 0 Å². The van der Waals surface area contributed by atoms with Crippen molar-refractivity contribution in [2.45, 2.75) is 31.6 Å². The normalized spacial score (nSPS) is 11.6. The molecule has 2 rings (SSSR count). The van der Waals surface area contributed by atoms with Crippen LogP contribution >= 0.6 is 0 Å². The second-order valence-corrected chi connectivity index (χ2v) is 7.11. The highest BCUT2D eigenvalue weighted by atomic mass is 32.2. The van der Waals surface area contributed by atoms with Crippen LogP contribution in [0.2, 0.25) is 0 Å². The van der Waals surface area contributed by atoms with Crippen LogP contribution in [-0.4, -0.2) is 8.42 Å². The summed E-state index contributed by atoms with van der Waals surface area (Å²) >= 11 is 0. The molecule has 2 aromatic rings. The predicted octanol–water partition coefficient (Wildman–Crippen LogP) is 3.50. The summed E-state index contributed by atoms with van der Waals surface area (Å²) in [6.45, 7) is 5.87. The van der Waals surface area contributed by atoms with Crippen molar-refractivity contribution in [1.29, 1.82) is 0 Å². The largest absolute Gasteiger partial charge is 0.399 e. The average Bonchev–Trinajstić information content (AvgIpc) is 2.37. The molecule has 0 aromatic heterocycles. The molecule has 0 fully saturated rings. The topological polar surface area (TPSA) is 72.2 Å². The monoisotopic (exact) mass is 304 g/mol. The van der Waals surface area contributed by atoms with E-state index in [-0.39, 0.29) is 10.8 Å². The van der Waals surface area contributed by atoms with Gasteiger partial charge >= 0.3 is 0 Å². The van der Waals surface area contributed by atoms with Gasteiger partial charge in [0, 0.05) is 5.69 Å². The second-order valence-electron chi connectivity index (χ2n) is 5.43. The van der Waals surface area contributed by atoms with Crippen LogP contribution in [-0.2, 0) is 10.0 Å². The van der Waals surface area contributed by atoms with Crippen molar-refractivity contribution < 1.29 is 8.42 Å². The first kappa shape index (κ1) is 15.4. The lowest BCUT2D eigenvalue weighted by molar-refractivity contribution is 0.601. The van der Waals surface area contributed by atoms with Crippen LogP contribution in [0.25, 0.3) is 0 Å². The van der Waals surface area contributed by atoms with Crippen molar-refractivity contribution in [2.24, 2.45) is 0 Å². The van der Waals surface area contributed by atoms with Gasteiger partial charge in [-0.1, -0.05) is 32.0 Å². The Bertz CT molecular complexity index is 732. The van der Waals surface area contributed by atoms with Gasteiger partial charge in [-0.15, -0.1) is 0 Å². The zero-order chi connectivity index (χ0) is 15.6. The van der Waals surface area contributed by atoms with Gasteiger partial charge in [-0.2, -0.15) is 0 Å². The van der Waals surface area contributed by atoms with Gasteiger partial charge in [0.05, 0.1) is 10.6 Å². The zero-order valence-electron chi connectivity index (χ0n) is 12.4. The van der Waals surface area contributed by atoms with Gasteiger partial charge < -0.3 is 5.73 Å². The maximum atomic E-state index is 12.5. The van der Waals surface area contributed by atoms with E-state index in [0.717, 1.165) is 11.1 Å². The third-order valence-electron chi connectivity index (χ3n) is 3.21. The van der Waals surface area contributed by atoms with Crippen molar-refractivity contribution in [3.05, 3.63) is 53.6 Å². The lowest BCUT2D eigenvalue weighted by Gasteiger charge is -2.15. The van der Waals surface area contributed by atoms with E-state index in [4.69, 9.17) is 5.73 Å². The van der Waals surface area contributed by atoms with Gasteiger partial charge in [-0.05, 0) is 48.2 Å². The molecule has 0 atom stereocenters. The van der Waals surface area contributed by atoms with E-state index in [1.165, 1.54) is 6.07 Å². The molecule has 0 saturated carbocycles. The van der Waals surface area contributed by atoms with Crippen molar-refractivity contribution in [3.63, 3.8) is 0 Å². The molecule has 4 nitrogen and oxygen atoms in total. The van der Waals surface area contributed by atoms with Crippen LogP contribution in [0.3, 0.4) is 0 Å². The molecule has 0 radical (unpaired) electrons. The Kier molecular flexibility index (Phi) is 4.23. The van der Waals surface area contributed by atoms with Crippen molar-refractivity contribution in [2.75, 3.05) is 10.5 Å². The van der Waals surface area contributed by atoms with E-state index in [9.17, 15) is 8.42 Å². The van der Waals surface area contributed by atoms with Gasteiger partial charge in [0.15, 0.2) is 0 Å². The highest BCUT2D eigenvalue weighted by Gasteiger charge is 2.17. The zero-order valence-corrected chi connectivity index (χ0v) is 13.2. The summed E-state index contributed by atoms with van der Waals surface area (Å²) in [4.78, 5) is 0.179. The van der Waals surface area contributed by atoms with Crippen molar-refractivity contribution in [1.82, 2.24) is 0 Å². The van der Waals surface area contributed by atoms with Crippen molar-refractivity contribution >= 4 is 21.4 Å². The predicted molar refractivity (Wildman–Crippen MR) is 86.9 cm³/mol. The molecule has 112 valence electrons. The van der Waals surface area contributed by atoms with Gasteiger partial charge in [-0.3, -0.25) is 4.72 Å². The fourth-order valence-corrected chi connectivity index (χ4v) is 3.45. The molecule has 0 aliphatic rings. The fraction of sp³-hybridized carbons (Fsp3) is 0.250. The minimum Gasteiger partial charge on any atom is -0.399 e. The third-order valence-corrected chi connectivity index (χ3v) is 4.56. The first-order valence-electron chi connectivity index (χ1n) is 6.78. The molecule has 2 aromatic carbocycles. The number of nitrogens with two attached hydrogens (primary N) is 1. The summed E-state index contributed by atoms with van der Waals surface area (Å²) in [6.07, 6.45) is 0. The number of rotatable bonds is 4. The first-order valence-corrected chi connectivity index (χ1v) is 8.27. The first-order chi connectivity index (χ1) is 9.79. The lowest BCUT2D eigenvalue weighted by Crippen LogP contribution is -2.15. The Hall–Kier alpha value is -2.01. The van der Waals surface area contributed by atoms with Crippen LogP contribution in [0, 0.1) is 6.92 Å². The standard InChI is InChI=1S/C16H20N2O2S/c1-11(2)15-6-4-5-7-16(15)18-21(19,20)14-9-12(3)8-13(17)10-14/h4-11,18H,17H2,1-3H3. The Labute approximate surface area is 126 Å². The summed E-state index contributed by atoms with van der Waals surface area (Å²) in [5, 5.41) is 0. The molecule has 0 unspecified atom stereocenters. The van der Waals surface area contributed by atoms with Crippen LogP contribution in [0.15, 0.2) is 47.4 Å². The van der Waals surface area contributed by atoms with Gasteiger partial charge in [-0.25, -0.2) is 8.42 Å². The highest BCUT2D eigenvalue weighted by Crippen LogP contribution is 2.26. The maximum Gasteiger partial charge on any atom is 0.261 e. The molecular weight excluding hydrogens is 284 g/mol. The maximum absolute atomic E-state index is 12.5. The molecule has 3 N–H and O–H groups in total. The van der Waals surface area contributed by atoms with E-state index in [1.807, 2.05) is 39.0 Å². The minimum atomic E-state index is -3.64. The molecule has 0 amide bonds. The Morgan fingerprint density at radius 1 is 1.10 bits per heavy atom. The highest BCUT2D eigenvalue weighted by molar-refractivity contribution is 7.92. The van der Waals surface area contributed by atoms with E-state index in [2.05, 4.69) is 4.72 Å².